The molecule has 3 aromatic carbocycles. The predicted molar refractivity (Wildman–Crippen MR) is 157 cm³/mol. The second kappa shape index (κ2) is 13.6. The number of sulfonamides is 2. The standard InChI is InChI=1S/C28H30BrN3O7S2/c29-24-17-20(13-14-23(24)26-19-27(33)32-41(26,37)38)18-25(31-40(35,36)22-11-5-2-6-12-22)28(34)30-15-7-8-16-39-21-9-3-1-4-10-21/h1-6,9-14,17,25-26,31H,7-8,15-16,18-19H2,(H,30,34)(H,32,33). The molecule has 2 amide bonds. The van der Waals surface area contributed by atoms with Crippen LogP contribution in [0.3, 0.4) is 0 Å². The molecular formula is C28H30BrN3O7S2. The number of carbonyl (C=O) groups excluding carboxylic acids is 2. The Labute approximate surface area is 248 Å². The van der Waals surface area contributed by atoms with Gasteiger partial charge in [0.25, 0.3) is 0 Å². The lowest BCUT2D eigenvalue weighted by Crippen LogP contribution is -2.48. The smallest absolute Gasteiger partial charge is 0.242 e. The monoisotopic (exact) mass is 663 g/mol. The number of unbranched alkanes of at least 4 members (excludes halogenated alkanes) is 1. The van der Waals surface area contributed by atoms with Gasteiger partial charge in [-0.2, -0.15) is 4.72 Å². The number of hydrogen-bond donors (Lipinski definition) is 3. The average Bonchev–Trinajstić information content (AvgIpc) is 3.22. The molecule has 1 aliphatic rings. The fourth-order valence-corrected chi connectivity index (χ4v) is 7.86. The zero-order chi connectivity index (χ0) is 29.5. The van der Waals surface area contributed by atoms with Gasteiger partial charge < -0.3 is 10.1 Å². The number of ether oxygens (including phenoxy) is 1. The van der Waals surface area contributed by atoms with Crippen LogP contribution in [0.1, 0.15) is 35.6 Å². The van der Waals surface area contributed by atoms with Gasteiger partial charge in [0.15, 0.2) is 0 Å². The molecule has 1 saturated heterocycles. The Morgan fingerprint density at radius 3 is 2.34 bits per heavy atom. The van der Waals surface area contributed by atoms with Crippen molar-refractivity contribution in [1.29, 1.82) is 0 Å². The maximum Gasteiger partial charge on any atom is 0.242 e. The number of halogens is 1. The molecule has 218 valence electrons. The Morgan fingerprint density at radius 1 is 1.02 bits per heavy atom. The number of hydrogen-bond acceptors (Lipinski definition) is 7. The van der Waals surface area contributed by atoms with E-state index in [1.54, 1.807) is 36.4 Å². The van der Waals surface area contributed by atoms with Crippen LogP contribution in [0.25, 0.3) is 0 Å². The molecule has 0 radical (unpaired) electrons. The van der Waals surface area contributed by atoms with E-state index in [0.717, 1.165) is 5.75 Å². The van der Waals surface area contributed by atoms with Crippen molar-refractivity contribution >= 4 is 47.8 Å². The maximum atomic E-state index is 13.2. The first-order valence-electron chi connectivity index (χ1n) is 12.9. The predicted octanol–water partition coefficient (Wildman–Crippen LogP) is 3.20. The van der Waals surface area contributed by atoms with Crippen LogP contribution in [0, 0.1) is 0 Å². The number of amides is 2. The first kappa shape index (κ1) is 30.7. The summed E-state index contributed by atoms with van der Waals surface area (Å²) in [6.45, 7) is 0.798. The van der Waals surface area contributed by atoms with Gasteiger partial charge in [-0.3, -0.25) is 14.3 Å². The van der Waals surface area contributed by atoms with Crippen molar-refractivity contribution < 1.29 is 31.2 Å². The summed E-state index contributed by atoms with van der Waals surface area (Å²) in [5, 5.41) is 1.76. The van der Waals surface area contributed by atoms with E-state index in [1.165, 1.54) is 12.1 Å². The normalized spacial score (nSPS) is 17.0. The lowest BCUT2D eigenvalue weighted by atomic mass is 10.0. The number of nitrogens with one attached hydrogen (secondary N) is 3. The molecule has 0 aliphatic carbocycles. The fourth-order valence-electron chi connectivity index (χ4n) is 4.33. The van der Waals surface area contributed by atoms with E-state index in [9.17, 15) is 26.4 Å². The van der Waals surface area contributed by atoms with E-state index in [0.29, 0.717) is 41.6 Å². The third-order valence-corrected chi connectivity index (χ3v) is 10.3. The quantitative estimate of drug-likeness (QED) is 0.238. The molecule has 1 fully saturated rings. The summed E-state index contributed by atoms with van der Waals surface area (Å²) in [5.74, 6) is -0.316. The molecule has 4 rings (SSSR count). The van der Waals surface area contributed by atoms with Crippen molar-refractivity contribution in [2.45, 2.75) is 41.9 Å². The minimum Gasteiger partial charge on any atom is -0.494 e. The van der Waals surface area contributed by atoms with Crippen molar-refractivity contribution in [2.24, 2.45) is 0 Å². The van der Waals surface area contributed by atoms with E-state index in [4.69, 9.17) is 4.74 Å². The Morgan fingerprint density at radius 2 is 1.71 bits per heavy atom. The van der Waals surface area contributed by atoms with Crippen LogP contribution in [-0.2, 0) is 36.1 Å². The molecule has 0 saturated carbocycles. The molecule has 3 aromatic rings. The Kier molecular flexibility index (Phi) is 10.2. The first-order valence-corrected chi connectivity index (χ1v) is 16.7. The van der Waals surface area contributed by atoms with Crippen LogP contribution < -0.4 is 19.5 Å². The summed E-state index contributed by atoms with van der Waals surface area (Å²) in [6.07, 6.45) is 1.12. The van der Waals surface area contributed by atoms with Gasteiger partial charge in [-0.05, 0) is 60.7 Å². The van der Waals surface area contributed by atoms with E-state index in [-0.39, 0.29) is 17.7 Å². The summed E-state index contributed by atoms with van der Waals surface area (Å²) in [7, 11) is -7.86. The van der Waals surface area contributed by atoms with Crippen molar-refractivity contribution in [3.8, 4) is 5.75 Å². The SMILES string of the molecule is O=C1CC(c2ccc(CC(NS(=O)(=O)c3ccccc3)C(=O)NCCCCOc3ccccc3)cc2Br)S(=O)(=O)N1. The molecule has 0 aromatic heterocycles. The van der Waals surface area contributed by atoms with E-state index >= 15 is 0 Å². The summed E-state index contributed by atoms with van der Waals surface area (Å²) in [4.78, 5) is 24.9. The molecule has 2 unspecified atom stereocenters. The minimum absolute atomic E-state index is 0.00247. The van der Waals surface area contributed by atoms with Crippen LogP contribution in [0.15, 0.2) is 88.2 Å². The van der Waals surface area contributed by atoms with Gasteiger partial charge in [0.05, 0.1) is 17.9 Å². The first-order chi connectivity index (χ1) is 19.5. The highest BCUT2D eigenvalue weighted by Gasteiger charge is 2.39. The second-order valence-corrected chi connectivity index (χ2v) is 13.9. The highest BCUT2D eigenvalue weighted by Crippen LogP contribution is 2.35. The molecule has 2 atom stereocenters. The summed E-state index contributed by atoms with van der Waals surface area (Å²) < 4.78 is 61.3. The molecule has 0 spiro atoms. The van der Waals surface area contributed by atoms with Crippen molar-refractivity contribution in [1.82, 2.24) is 14.8 Å². The Balaban J connectivity index is 1.43. The molecule has 1 heterocycles. The van der Waals surface area contributed by atoms with E-state index < -0.39 is 43.2 Å². The largest absolute Gasteiger partial charge is 0.494 e. The molecule has 10 nitrogen and oxygen atoms in total. The Hall–Kier alpha value is -3.26. The van der Waals surface area contributed by atoms with Crippen LogP contribution in [0.5, 0.6) is 5.75 Å². The van der Waals surface area contributed by atoms with Crippen LogP contribution in [0.4, 0.5) is 0 Å². The number of para-hydroxylation sites is 1. The highest BCUT2D eigenvalue weighted by molar-refractivity contribution is 9.10. The van der Waals surface area contributed by atoms with Crippen molar-refractivity contribution in [3.05, 3.63) is 94.5 Å². The molecule has 13 heteroatoms. The number of carbonyl (C=O) groups is 2. The average molecular weight is 665 g/mol. The number of benzene rings is 3. The van der Waals surface area contributed by atoms with Gasteiger partial charge >= 0.3 is 0 Å². The van der Waals surface area contributed by atoms with Crippen molar-refractivity contribution in [2.75, 3.05) is 13.2 Å². The lowest BCUT2D eigenvalue weighted by Gasteiger charge is -2.20. The molecule has 3 N–H and O–H groups in total. The van der Waals surface area contributed by atoms with Gasteiger partial charge in [0.2, 0.25) is 31.9 Å². The lowest BCUT2D eigenvalue weighted by molar-refractivity contribution is -0.122. The third kappa shape index (κ3) is 8.38. The van der Waals surface area contributed by atoms with Gasteiger partial charge in [-0.15, -0.1) is 0 Å². The summed E-state index contributed by atoms with van der Waals surface area (Å²) in [5.41, 5.74) is 0.984. The van der Waals surface area contributed by atoms with E-state index in [2.05, 4.69) is 26.0 Å². The van der Waals surface area contributed by atoms with Gasteiger partial charge in [0.1, 0.15) is 17.0 Å². The molecule has 41 heavy (non-hydrogen) atoms. The van der Waals surface area contributed by atoms with E-state index in [1.807, 2.05) is 35.1 Å². The van der Waals surface area contributed by atoms with Gasteiger partial charge in [-0.1, -0.05) is 64.5 Å². The zero-order valence-electron chi connectivity index (χ0n) is 22.0. The Bertz CT molecular complexity index is 1590. The number of rotatable bonds is 13. The topological polar surface area (TPSA) is 148 Å². The molecular weight excluding hydrogens is 634 g/mol. The van der Waals surface area contributed by atoms with Crippen molar-refractivity contribution in [3.63, 3.8) is 0 Å². The minimum atomic E-state index is -4.01. The van der Waals surface area contributed by atoms with Crippen LogP contribution in [0.2, 0.25) is 0 Å². The van der Waals surface area contributed by atoms with Crippen LogP contribution in [-0.4, -0.2) is 47.8 Å². The second-order valence-electron chi connectivity index (χ2n) is 9.47. The van der Waals surface area contributed by atoms with Gasteiger partial charge in [-0.25, -0.2) is 16.8 Å². The highest BCUT2D eigenvalue weighted by atomic mass is 79.9. The summed E-state index contributed by atoms with van der Waals surface area (Å²) in [6, 6.07) is 20.8. The molecule has 0 bridgehead atoms. The third-order valence-electron chi connectivity index (χ3n) is 6.40. The summed E-state index contributed by atoms with van der Waals surface area (Å²) >= 11 is 3.38. The van der Waals surface area contributed by atoms with Gasteiger partial charge in [0, 0.05) is 11.0 Å². The fraction of sp³-hybridized carbons (Fsp3) is 0.286. The maximum absolute atomic E-state index is 13.2. The zero-order valence-corrected chi connectivity index (χ0v) is 25.2. The van der Waals surface area contributed by atoms with Crippen LogP contribution >= 0.6 is 15.9 Å². The molecule has 1 aliphatic heterocycles.